The van der Waals surface area contributed by atoms with E-state index in [2.05, 4.69) is 14.5 Å². The first-order valence-corrected chi connectivity index (χ1v) is 8.99. The van der Waals surface area contributed by atoms with Crippen LogP contribution in [0.3, 0.4) is 0 Å². The predicted molar refractivity (Wildman–Crippen MR) is 96.4 cm³/mol. The fraction of sp³-hybridized carbons (Fsp3) is 0.368. The Morgan fingerprint density at radius 1 is 1.19 bits per heavy atom. The fourth-order valence-electron chi connectivity index (χ4n) is 3.21. The topological polar surface area (TPSA) is 81.1 Å². The number of ether oxygens (including phenoxy) is 3. The smallest absolute Gasteiger partial charge is 0.478 e. The van der Waals surface area contributed by atoms with Gasteiger partial charge < -0.3 is 24.2 Å². The second-order valence-electron chi connectivity index (χ2n) is 6.61. The van der Waals surface area contributed by atoms with Gasteiger partial charge in [0.25, 0.3) is 0 Å². The van der Waals surface area contributed by atoms with Crippen LogP contribution in [0, 0.1) is 0 Å². The van der Waals surface area contributed by atoms with Crippen LogP contribution in [0.2, 0.25) is 0 Å². The first kappa shape index (κ1) is 22.5. The molecule has 12 heteroatoms. The van der Waals surface area contributed by atoms with Crippen molar-refractivity contribution in [3.05, 3.63) is 48.2 Å². The largest absolute Gasteiger partial charge is 0.573 e. The molecule has 7 nitrogen and oxygen atoms in total. The number of alkyl halides is 5. The Morgan fingerprint density at radius 2 is 1.90 bits per heavy atom. The monoisotopic (exact) mass is 448 g/mol. The standard InChI is InChI=1S/C19H17F5N2O5/c20-18(21)29-10-13-7-15(9-26(13)12-3-1-11(2-4-12)17(27)28)30-16-6-5-14(8-25-16)31-19(22,23)24/h1-6,8,13,15,18H,7,9-10H2,(H,27,28)/t13-,15-/m0/s1. The first-order chi connectivity index (χ1) is 14.6. The Kier molecular flexibility index (Phi) is 6.78. The highest BCUT2D eigenvalue weighted by Gasteiger charge is 2.35. The van der Waals surface area contributed by atoms with Crippen LogP contribution in [0.5, 0.6) is 11.6 Å². The molecule has 2 atom stereocenters. The Labute approximate surface area is 173 Å². The first-order valence-electron chi connectivity index (χ1n) is 8.99. The average Bonchev–Trinajstić information content (AvgIpc) is 3.09. The highest BCUT2D eigenvalue weighted by Crippen LogP contribution is 2.30. The van der Waals surface area contributed by atoms with Gasteiger partial charge in [-0.3, -0.25) is 0 Å². The fourth-order valence-corrected chi connectivity index (χ4v) is 3.21. The number of carboxylic acid groups (broad SMARTS) is 1. The number of pyridine rings is 1. The summed E-state index contributed by atoms with van der Waals surface area (Å²) in [6.07, 6.45) is -4.23. The summed E-state index contributed by atoms with van der Waals surface area (Å²) in [7, 11) is 0. The predicted octanol–water partition coefficient (Wildman–Crippen LogP) is 3.94. The Balaban J connectivity index is 1.69. The van der Waals surface area contributed by atoms with E-state index in [4.69, 9.17) is 9.84 Å². The molecule has 0 aliphatic carbocycles. The van der Waals surface area contributed by atoms with Crippen molar-refractivity contribution >= 4 is 11.7 Å². The SMILES string of the molecule is O=C(O)c1ccc(N2C[C@@H](Oc3ccc(OC(F)(F)F)cn3)C[C@H]2COC(F)F)cc1. The lowest BCUT2D eigenvalue weighted by atomic mass is 10.1. The number of benzene rings is 1. The van der Waals surface area contributed by atoms with Gasteiger partial charge in [0.1, 0.15) is 11.9 Å². The number of nitrogens with zero attached hydrogens (tertiary/aromatic N) is 2. The molecular formula is C19H17F5N2O5. The van der Waals surface area contributed by atoms with Crippen molar-refractivity contribution in [2.75, 3.05) is 18.1 Å². The van der Waals surface area contributed by atoms with Crippen molar-refractivity contribution in [3.63, 3.8) is 0 Å². The molecule has 1 aromatic carbocycles. The lowest BCUT2D eigenvalue weighted by Crippen LogP contribution is -2.34. The number of aromatic carboxylic acids is 1. The molecule has 0 radical (unpaired) electrons. The van der Waals surface area contributed by atoms with Gasteiger partial charge in [-0.1, -0.05) is 0 Å². The van der Waals surface area contributed by atoms with Crippen LogP contribution in [0.1, 0.15) is 16.8 Å². The van der Waals surface area contributed by atoms with Gasteiger partial charge in [0.2, 0.25) is 5.88 Å². The van der Waals surface area contributed by atoms with Crippen LogP contribution in [0.15, 0.2) is 42.6 Å². The summed E-state index contributed by atoms with van der Waals surface area (Å²) in [5.74, 6) is -1.57. The molecule has 31 heavy (non-hydrogen) atoms. The molecule has 1 aromatic heterocycles. The van der Waals surface area contributed by atoms with E-state index in [9.17, 15) is 26.7 Å². The summed E-state index contributed by atoms with van der Waals surface area (Å²) in [6, 6.07) is 7.62. The number of aromatic nitrogens is 1. The second-order valence-corrected chi connectivity index (χ2v) is 6.61. The molecule has 168 valence electrons. The molecule has 1 aliphatic heterocycles. The summed E-state index contributed by atoms with van der Waals surface area (Å²) in [4.78, 5) is 16.5. The minimum Gasteiger partial charge on any atom is -0.478 e. The highest BCUT2D eigenvalue weighted by atomic mass is 19.4. The van der Waals surface area contributed by atoms with Crippen LogP contribution in [-0.4, -0.2) is 54.3 Å². The molecule has 0 bridgehead atoms. The molecule has 1 aliphatic rings. The summed E-state index contributed by atoms with van der Waals surface area (Å²) in [6.45, 7) is -3.02. The Bertz CT molecular complexity index is 877. The van der Waals surface area contributed by atoms with Crippen LogP contribution >= 0.6 is 0 Å². The number of halogens is 5. The Hall–Kier alpha value is -3.15. The average molecular weight is 448 g/mol. The third-order valence-corrected chi connectivity index (χ3v) is 4.47. The van der Waals surface area contributed by atoms with E-state index < -0.39 is 36.8 Å². The van der Waals surface area contributed by atoms with Gasteiger partial charge in [-0.05, 0) is 30.3 Å². The minimum atomic E-state index is -4.84. The number of rotatable bonds is 8. The molecule has 0 amide bonds. The van der Waals surface area contributed by atoms with Gasteiger partial charge in [0.05, 0.1) is 31.0 Å². The van der Waals surface area contributed by atoms with Gasteiger partial charge in [-0.25, -0.2) is 9.78 Å². The van der Waals surface area contributed by atoms with Gasteiger partial charge in [0.15, 0.2) is 0 Å². The van der Waals surface area contributed by atoms with E-state index in [1.165, 1.54) is 18.2 Å². The van der Waals surface area contributed by atoms with Crippen molar-refractivity contribution in [1.82, 2.24) is 4.98 Å². The van der Waals surface area contributed by atoms with E-state index in [1.54, 1.807) is 17.0 Å². The number of anilines is 1. The number of hydrogen-bond donors (Lipinski definition) is 1. The molecule has 2 heterocycles. The van der Waals surface area contributed by atoms with Crippen molar-refractivity contribution in [3.8, 4) is 11.6 Å². The third-order valence-electron chi connectivity index (χ3n) is 4.47. The van der Waals surface area contributed by atoms with Crippen molar-refractivity contribution in [2.24, 2.45) is 0 Å². The van der Waals surface area contributed by atoms with Crippen LogP contribution in [0.25, 0.3) is 0 Å². The molecule has 1 fully saturated rings. The van der Waals surface area contributed by atoms with Crippen LogP contribution < -0.4 is 14.4 Å². The maximum atomic E-state index is 12.5. The lowest BCUT2D eigenvalue weighted by Gasteiger charge is -2.26. The van der Waals surface area contributed by atoms with Gasteiger partial charge in [0, 0.05) is 18.2 Å². The molecule has 2 aromatic rings. The van der Waals surface area contributed by atoms with Gasteiger partial charge >= 0.3 is 18.9 Å². The van der Waals surface area contributed by atoms with Crippen molar-refractivity contribution < 1.29 is 46.1 Å². The van der Waals surface area contributed by atoms with E-state index in [-0.39, 0.29) is 31.0 Å². The van der Waals surface area contributed by atoms with Crippen LogP contribution in [-0.2, 0) is 4.74 Å². The lowest BCUT2D eigenvalue weighted by molar-refractivity contribution is -0.274. The molecule has 3 rings (SSSR count). The minimum absolute atomic E-state index is 0.0381. The molecule has 0 spiro atoms. The quantitative estimate of drug-likeness (QED) is 0.613. The zero-order chi connectivity index (χ0) is 22.6. The molecule has 0 unspecified atom stereocenters. The zero-order valence-corrected chi connectivity index (χ0v) is 15.8. The maximum absolute atomic E-state index is 12.5. The summed E-state index contributed by atoms with van der Waals surface area (Å²) in [5, 5.41) is 9.01. The number of carbonyl (C=O) groups is 1. The molecule has 1 saturated heterocycles. The third kappa shape index (κ3) is 6.41. The normalized spacial score (nSPS) is 19.0. The van der Waals surface area contributed by atoms with Crippen molar-refractivity contribution in [1.29, 1.82) is 0 Å². The van der Waals surface area contributed by atoms with Gasteiger partial charge in [-0.2, -0.15) is 8.78 Å². The van der Waals surface area contributed by atoms with E-state index >= 15 is 0 Å². The molecular weight excluding hydrogens is 431 g/mol. The summed E-state index contributed by atoms with van der Waals surface area (Å²) >= 11 is 0. The van der Waals surface area contributed by atoms with Crippen LogP contribution in [0.4, 0.5) is 27.6 Å². The maximum Gasteiger partial charge on any atom is 0.573 e. The van der Waals surface area contributed by atoms with Gasteiger partial charge in [-0.15, -0.1) is 13.2 Å². The molecule has 0 saturated carbocycles. The number of carboxylic acids is 1. The van der Waals surface area contributed by atoms with E-state index in [0.29, 0.717) is 5.69 Å². The zero-order valence-electron chi connectivity index (χ0n) is 15.8. The van der Waals surface area contributed by atoms with Crippen molar-refractivity contribution in [2.45, 2.75) is 31.5 Å². The summed E-state index contributed by atoms with van der Waals surface area (Å²) in [5.41, 5.74) is 0.655. The van der Waals surface area contributed by atoms with E-state index in [0.717, 1.165) is 12.3 Å². The number of hydrogen-bond acceptors (Lipinski definition) is 6. The molecule has 1 N–H and O–H groups in total. The second kappa shape index (κ2) is 9.33. The highest BCUT2D eigenvalue weighted by molar-refractivity contribution is 5.88. The Morgan fingerprint density at radius 3 is 2.45 bits per heavy atom. The van der Waals surface area contributed by atoms with E-state index in [1.807, 2.05) is 0 Å². The summed E-state index contributed by atoms with van der Waals surface area (Å²) < 4.78 is 75.6.